The number of nitrogens with zero attached hydrogens (tertiary/aromatic N) is 3. The molecular weight excluding hydrogens is 364 g/mol. The van der Waals surface area contributed by atoms with Crippen molar-refractivity contribution in [2.24, 2.45) is 0 Å². The number of hydrogen-bond acceptors (Lipinski definition) is 5. The lowest BCUT2D eigenvalue weighted by atomic mass is 9.81. The molecule has 2 aliphatic rings. The smallest absolute Gasteiger partial charge is 0.410 e. The number of carbonyl (C=O) groups excluding carboxylic acids is 1. The van der Waals surface area contributed by atoms with E-state index in [1.54, 1.807) is 0 Å². The Morgan fingerprint density at radius 3 is 2.66 bits per heavy atom. The van der Waals surface area contributed by atoms with Gasteiger partial charge in [0.15, 0.2) is 0 Å². The second-order valence-electron chi connectivity index (χ2n) is 8.73. The van der Waals surface area contributed by atoms with Crippen LogP contribution in [0.25, 0.3) is 0 Å². The number of hydrogen-bond donors (Lipinski definition) is 1. The first-order chi connectivity index (χ1) is 13.8. The van der Waals surface area contributed by atoms with E-state index in [4.69, 9.17) is 4.74 Å². The van der Waals surface area contributed by atoms with E-state index < -0.39 is 6.09 Å². The molecule has 0 aromatic heterocycles. The number of anilines is 2. The van der Waals surface area contributed by atoms with Crippen LogP contribution >= 0.6 is 0 Å². The lowest BCUT2D eigenvalue weighted by Crippen LogP contribution is -2.45. The van der Waals surface area contributed by atoms with Crippen molar-refractivity contribution in [2.75, 3.05) is 45.0 Å². The number of benzene rings is 2. The highest BCUT2D eigenvalue weighted by molar-refractivity contribution is 5.86. The second-order valence-corrected chi connectivity index (χ2v) is 8.73. The number of fused-ring (bicyclic) bond motifs is 3. The number of carbonyl (C=O) groups is 1. The molecule has 0 saturated carbocycles. The van der Waals surface area contributed by atoms with Gasteiger partial charge in [-0.3, -0.25) is 10.2 Å². The number of rotatable bonds is 4. The van der Waals surface area contributed by atoms with E-state index in [9.17, 15) is 4.79 Å². The van der Waals surface area contributed by atoms with Crippen LogP contribution in [-0.4, -0.2) is 56.8 Å². The molecule has 29 heavy (non-hydrogen) atoms. The van der Waals surface area contributed by atoms with Gasteiger partial charge in [0.1, 0.15) is 5.75 Å². The minimum atomic E-state index is -0.465. The number of para-hydroxylation sites is 1. The highest BCUT2D eigenvalue weighted by Gasteiger charge is 2.52. The summed E-state index contributed by atoms with van der Waals surface area (Å²) in [5, 5.41) is 2.82. The van der Waals surface area contributed by atoms with E-state index in [1.807, 2.05) is 44.4 Å². The van der Waals surface area contributed by atoms with Gasteiger partial charge in [-0.15, -0.1) is 0 Å². The van der Waals surface area contributed by atoms with Gasteiger partial charge in [-0.25, -0.2) is 4.79 Å². The summed E-state index contributed by atoms with van der Waals surface area (Å²) in [5.41, 5.74) is 4.26. The molecule has 2 atom stereocenters. The van der Waals surface area contributed by atoms with Gasteiger partial charge >= 0.3 is 6.09 Å². The summed E-state index contributed by atoms with van der Waals surface area (Å²) in [7, 11) is 8.39. The Hall–Kier alpha value is -2.57. The van der Waals surface area contributed by atoms with Crippen molar-refractivity contribution in [3.05, 3.63) is 53.6 Å². The third kappa shape index (κ3) is 3.47. The molecule has 1 amide bonds. The third-order valence-electron chi connectivity index (χ3n) is 6.22. The Bertz CT molecular complexity index is 915. The fourth-order valence-electron chi connectivity index (χ4n) is 4.96. The van der Waals surface area contributed by atoms with Crippen molar-refractivity contribution >= 4 is 17.5 Å². The van der Waals surface area contributed by atoms with Crippen LogP contribution in [-0.2, 0) is 12.0 Å². The highest BCUT2D eigenvalue weighted by atomic mass is 16.6. The van der Waals surface area contributed by atoms with Crippen molar-refractivity contribution in [2.45, 2.75) is 31.5 Å². The van der Waals surface area contributed by atoms with E-state index in [0.717, 1.165) is 24.2 Å². The molecule has 154 valence electrons. The maximum atomic E-state index is 12.6. The summed E-state index contributed by atoms with van der Waals surface area (Å²) in [4.78, 5) is 19.5. The SMILES string of the molecule is CN(C)Cc1cc2c(cc1OC(=O)Nc1ccccc1)[C@]1(C)CCN(C)C1N2C. The van der Waals surface area contributed by atoms with Crippen molar-refractivity contribution < 1.29 is 9.53 Å². The van der Waals surface area contributed by atoms with Crippen LogP contribution in [0.1, 0.15) is 24.5 Å². The van der Waals surface area contributed by atoms with Gasteiger partial charge in [-0.05, 0) is 57.4 Å². The Morgan fingerprint density at radius 1 is 1.24 bits per heavy atom. The average molecular weight is 395 g/mol. The van der Waals surface area contributed by atoms with E-state index in [-0.39, 0.29) is 5.41 Å². The zero-order valence-corrected chi connectivity index (χ0v) is 17.9. The van der Waals surface area contributed by atoms with E-state index in [2.05, 4.69) is 53.2 Å². The van der Waals surface area contributed by atoms with Crippen molar-refractivity contribution in [3.63, 3.8) is 0 Å². The van der Waals surface area contributed by atoms with E-state index >= 15 is 0 Å². The highest BCUT2D eigenvalue weighted by Crippen LogP contribution is 2.52. The van der Waals surface area contributed by atoms with Crippen molar-refractivity contribution in [1.82, 2.24) is 9.80 Å². The van der Waals surface area contributed by atoms with E-state index in [1.165, 1.54) is 11.3 Å². The quantitative estimate of drug-likeness (QED) is 0.856. The first kappa shape index (κ1) is 19.7. The molecule has 4 rings (SSSR count). The average Bonchev–Trinajstić information content (AvgIpc) is 3.08. The molecule has 2 aliphatic heterocycles. The summed E-state index contributed by atoms with van der Waals surface area (Å²) in [5.74, 6) is 0.635. The van der Waals surface area contributed by atoms with Crippen molar-refractivity contribution in [3.8, 4) is 5.75 Å². The molecule has 2 heterocycles. The molecule has 0 bridgehead atoms. The second kappa shape index (κ2) is 7.35. The number of likely N-dealkylation sites (N-methyl/N-ethyl adjacent to an activating group) is 2. The summed E-state index contributed by atoms with van der Waals surface area (Å²) in [6.45, 7) is 4.09. The van der Waals surface area contributed by atoms with Gasteiger partial charge in [-0.1, -0.05) is 25.1 Å². The minimum Gasteiger partial charge on any atom is -0.410 e. The van der Waals surface area contributed by atoms with Gasteiger partial charge in [0.2, 0.25) is 0 Å². The molecule has 1 saturated heterocycles. The third-order valence-corrected chi connectivity index (χ3v) is 6.22. The standard InChI is InChI=1S/C23H30N4O2/c1-23-11-12-26(4)21(23)27(5)19-13-16(15-25(2)3)20(14-18(19)23)29-22(28)24-17-9-7-6-8-10-17/h6-10,13-14,21H,11-12,15H2,1-5H3,(H,24,28)/t21?,23-/m0/s1. The molecule has 1 fully saturated rings. The number of ether oxygens (including phenoxy) is 1. The van der Waals surface area contributed by atoms with Crippen LogP contribution in [0.3, 0.4) is 0 Å². The topological polar surface area (TPSA) is 48.1 Å². The van der Waals surface area contributed by atoms with Crippen molar-refractivity contribution in [1.29, 1.82) is 0 Å². The predicted molar refractivity (Wildman–Crippen MR) is 117 cm³/mol. The molecule has 1 N–H and O–H groups in total. The molecule has 0 radical (unpaired) electrons. The normalized spacial score (nSPS) is 23.2. The summed E-state index contributed by atoms with van der Waals surface area (Å²) < 4.78 is 5.82. The maximum Gasteiger partial charge on any atom is 0.417 e. The molecule has 0 spiro atoms. The predicted octanol–water partition coefficient (Wildman–Crippen LogP) is 3.73. The van der Waals surface area contributed by atoms with Crippen LogP contribution in [0.5, 0.6) is 5.75 Å². The molecular formula is C23H30N4O2. The van der Waals surface area contributed by atoms with Crippen LogP contribution in [0.4, 0.5) is 16.2 Å². The molecule has 6 heteroatoms. The fourth-order valence-corrected chi connectivity index (χ4v) is 4.96. The summed E-state index contributed by atoms with van der Waals surface area (Å²) in [6.07, 6.45) is 0.958. The van der Waals surface area contributed by atoms with E-state index in [0.29, 0.717) is 18.5 Å². The van der Waals surface area contributed by atoms with Gasteiger partial charge in [-0.2, -0.15) is 0 Å². The van der Waals surface area contributed by atoms with Gasteiger partial charge < -0.3 is 14.5 Å². The summed E-state index contributed by atoms with van der Waals surface area (Å²) >= 11 is 0. The van der Waals surface area contributed by atoms with Crippen LogP contribution in [0, 0.1) is 0 Å². The van der Waals surface area contributed by atoms with Gasteiger partial charge in [0, 0.05) is 42.5 Å². The maximum absolute atomic E-state index is 12.6. The Morgan fingerprint density at radius 2 is 1.97 bits per heavy atom. The number of likely N-dealkylation sites (tertiary alicyclic amines) is 1. The molecule has 2 aromatic rings. The minimum absolute atomic E-state index is 0.0312. The Labute approximate surface area is 173 Å². The molecule has 2 aromatic carbocycles. The molecule has 0 aliphatic carbocycles. The van der Waals surface area contributed by atoms with Crippen LogP contribution in [0.15, 0.2) is 42.5 Å². The Kier molecular flexibility index (Phi) is 5.00. The largest absolute Gasteiger partial charge is 0.417 e. The van der Waals surface area contributed by atoms with Crippen LogP contribution < -0.4 is 15.0 Å². The summed E-state index contributed by atoms with van der Waals surface area (Å²) in [6, 6.07) is 13.7. The van der Waals surface area contributed by atoms with Gasteiger partial charge in [0.05, 0.1) is 6.17 Å². The zero-order chi connectivity index (χ0) is 20.8. The fraction of sp³-hybridized carbons (Fsp3) is 0.435. The molecule has 6 nitrogen and oxygen atoms in total. The Balaban J connectivity index is 1.68. The lowest BCUT2D eigenvalue weighted by Gasteiger charge is -2.32. The zero-order valence-electron chi connectivity index (χ0n) is 17.9. The van der Waals surface area contributed by atoms with Crippen LogP contribution in [0.2, 0.25) is 0 Å². The number of amides is 1. The number of nitrogens with one attached hydrogen (secondary N) is 1. The monoisotopic (exact) mass is 394 g/mol. The first-order valence-electron chi connectivity index (χ1n) is 10.1. The molecule has 1 unspecified atom stereocenters. The first-order valence-corrected chi connectivity index (χ1v) is 10.1. The lowest BCUT2D eigenvalue weighted by molar-refractivity contribution is 0.214. The van der Waals surface area contributed by atoms with Gasteiger partial charge in [0.25, 0.3) is 0 Å².